The van der Waals surface area contributed by atoms with Gasteiger partial charge in [0.1, 0.15) is 5.75 Å². The number of aryl methyl sites for hydroxylation is 2. The summed E-state index contributed by atoms with van der Waals surface area (Å²) in [6.07, 6.45) is 1.12. The summed E-state index contributed by atoms with van der Waals surface area (Å²) in [6.45, 7) is 7.89. The van der Waals surface area contributed by atoms with Gasteiger partial charge < -0.3 is 10.1 Å². The number of benzene rings is 2. The molecule has 0 amide bonds. The molecule has 3 heteroatoms. The summed E-state index contributed by atoms with van der Waals surface area (Å²) < 4.78 is 19.4. The van der Waals surface area contributed by atoms with Gasteiger partial charge in [0, 0.05) is 6.54 Å². The molecule has 2 aromatic carbocycles. The summed E-state index contributed by atoms with van der Waals surface area (Å²) in [5, 5.41) is 3.36. The lowest BCUT2D eigenvalue weighted by molar-refractivity contribution is 0.439. The molecule has 2 aromatic rings. The first-order valence-electron chi connectivity index (χ1n) is 7.34. The lowest BCUT2D eigenvalue weighted by atomic mass is 10.1. The van der Waals surface area contributed by atoms with Gasteiger partial charge in [-0.3, -0.25) is 0 Å². The Morgan fingerprint density at radius 3 is 2.57 bits per heavy atom. The fourth-order valence-electron chi connectivity index (χ4n) is 2.15. The molecule has 112 valence electrons. The van der Waals surface area contributed by atoms with Crippen LogP contribution in [0, 0.1) is 19.7 Å². The second-order valence-corrected chi connectivity index (χ2v) is 5.31. The Labute approximate surface area is 126 Å². The molecule has 0 aliphatic rings. The minimum Gasteiger partial charge on any atom is -0.454 e. The van der Waals surface area contributed by atoms with E-state index in [9.17, 15) is 4.39 Å². The smallest absolute Gasteiger partial charge is 0.165 e. The van der Waals surface area contributed by atoms with Crippen molar-refractivity contribution in [2.75, 3.05) is 6.54 Å². The van der Waals surface area contributed by atoms with E-state index in [1.807, 2.05) is 26.0 Å². The minimum atomic E-state index is -0.339. The van der Waals surface area contributed by atoms with Crippen LogP contribution in [0.3, 0.4) is 0 Å². The molecular weight excluding hydrogens is 265 g/mol. The zero-order valence-corrected chi connectivity index (χ0v) is 12.9. The van der Waals surface area contributed by atoms with E-state index in [4.69, 9.17) is 4.74 Å². The maximum Gasteiger partial charge on any atom is 0.165 e. The molecule has 0 saturated carbocycles. The summed E-state index contributed by atoms with van der Waals surface area (Å²) in [5.41, 5.74) is 3.19. The number of halogens is 1. The third kappa shape index (κ3) is 4.30. The molecule has 0 saturated heterocycles. The Hall–Kier alpha value is -1.87. The number of ether oxygens (including phenoxy) is 1. The van der Waals surface area contributed by atoms with Gasteiger partial charge in [-0.25, -0.2) is 4.39 Å². The van der Waals surface area contributed by atoms with E-state index in [0.717, 1.165) is 30.6 Å². The largest absolute Gasteiger partial charge is 0.454 e. The Bertz CT molecular complexity index is 610. The van der Waals surface area contributed by atoms with Crippen LogP contribution in [0.15, 0.2) is 36.4 Å². The van der Waals surface area contributed by atoms with Gasteiger partial charge in [0.2, 0.25) is 0 Å². The van der Waals surface area contributed by atoms with Gasteiger partial charge in [0.25, 0.3) is 0 Å². The standard InChI is InChI=1S/C18H22FNO/c1-4-9-20-12-15-6-8-17(14(3)11-15)21-18-10-13(2)5-7-16(18)19/h5-8,10-11,20H,4,9,12H2,1-3H3. The van der Waals surface area contributed by atoms with Crippen molar-refractivity contribution >= 4 is 0 Å². The highest BCUT2D eigenvalue weighted by molar-refractivity contribution is 5.41. The molecule has 0 spiro atoms. The predicted molar refractivity (Wildman–Crippen MR) is 84.4 cm³/mol. The zero-order valence-electron chi connectivity index (χ0n) is 12.9. The van der Waals surface area contributed by atoms with E-state index in [0.29, 0.717) is 5.75 Å². The molecule has 0 heterocycles. The third-order valence-electron chi connectivity index (χ3n) is 3.30. The fourth-order valence-corrected chi connectivity index (χ4v) is 2.15. The van der Waals surface area contributed by atoms with Crippen molar-refractivity contribution < 1.29 is 9.13 Å². The number of hydrogen-bond donors (Lipinski definition) is 1. The normalized spacial score (nSPS) is 10.7. The molecule has 2 nitrogen and oxygen atoms in total. The molecule has 0 fully saturated rings. The first-order chi connectivity index (χ1) is 10.1. The minimum absolute atomic E-state index is 0.273. The van der Waals surface area contributed by atoms with E-state index in [2.05, 4.69) is 18.3 Å². The summed E-state index contributed by atoms with van der Waals surface area (Å²) >= 11 is 0. The summed E-state index contributed by atoms with van der Waals surface area (Å²) in [7, 11) is 0. The lowest BCUT2D eigenvalue weighted by Gasteiger charge is -2.12. The van der Waals surface area contributed by atoms with E-state index < -0.39 is 0 Å². The predicted octanol–water partition coefficient (Wildman–Crippen LogP) is 4.73. The maximum absolute atomic E-state index is 13.7. The topological polar surface area (TPSA) is 21.3 Å². The summed E-state index contributed by atoms with van der Waals surface area (Å²) in [4.78, 5) is 0. The van der Waals surface area contributed by atoms with Crippen molar-refractivity contribution in [2.24, 2.45) is 0 Å². The molecule has 2 rings (SSSR count). The Morgan fingerprint density at radius 1 is 1.05 bits per heavy atom. The fraction of sp³-hybridized carbons (Fsp3) is 0.333. The highest BCUT2D eigenvalue weighted by atomic mass is 19.1. The quantitative estimate of drug-likeness (QED) is 0.775. The number of rotatable bonds is 6. The molecule has 0 bridgehead atoms. The SMILES string of the molecule is CCCNCc1ccc(Oc2cc(C)ccc2F)c(C)c1. The third-order valence-corrected chi connectivity index (χ3v) is 3.30. The van der Waals surface area contributed by atoms with Crippen LogP contribution in [0.1, 0.15) is 30.0 Å². The molecule has 0 aliphatic carbocycles. The van der Waals surface area contributed by atoms with Gasteiger partial charge in [-0.2, -0.15) is 0 Å². The van der Waals surface area contributed by atoms with Crippen molar-refractivity contribution in [3.8, 4) is 11.5 Å². The van der Waals surface area contributed by atoms with Crippen LogP contribution >= 0.6 is 0 Å². The monoisotopic (exact) mass is 287 g/mol. The molecule has 1 N–H and O–H groups in total. The van der Waals surface area contributed by atoms with Gasteiger partial charge in [-0.1, -0.05) is 25.1 Å². The Balaban J connectivity index is 2.12. The average Bonchev–Trinajstić information content (AvgIpc) is 2.46. The maximum atomic E-state index is 13.7. The molecule has 0 atom stereocenters. The second-order valence-electron chi connectivity index (χ2n) is 5.31. The van der Waals surface area contributed by atoms with E-state index in [-0.39, 0.29) is 11.6 Å². The summed E-state index contributed by atoms with van der Waals surface area (Å²) in [6, 6.07) is 10.9. The first-order valence-corrected chi connectivity index (χ1v) is 7.34. The van der Waals surface area contributed by atoms with Crippen LogP contribution in [-0.2, 0) is 6.54 Å². The van der Waals surface area contributed by atoms with E-state index in [1.165, 1.54) is 11.6 Å². The van der Waals surface area contributed by atoms with Crippen molar-refractivity contribution in [1.29, 1.82) is 0 Å². The van der Waals surface area contributed by atoms with Gasteiger partial charge >= 0.3 is 0 Å². The van der Waals surface area contributed by atoms with Crippen molar-refractivity contribution in [3.05, 3.63) is 58.9 Å². The van der Waals surface area contributed by atoms with Crippen LogP contribution in [0.4, 0.5) is 4.39 Å². The Morgan fingerprint density at radius 2 is 1.86 bits per heavy atom. The zero-order chi connectivity index (χ0) is 15.2. The molecule has 0 aliphatic heterocycles. The van der Waals surface area contributed by atoms with Gasteiger partial charge in [0.15, 0.2) is 11.6 Å². The van der Waals surface area contributed by atoms with E-state index in [1.54, 1.807) is 12.1 Å². The van der Waals surface area contributed by atoms with Crippen LogP contribution in [-0.4, -0.2) is 6.54 Å². The highest BCUT2D eigenvalue weighted by Crippen LogP contribution is 2.28. The second kappa shape index (κ2) is 7.23. The number of nitrogens with one attached hydrogen (secondary N) is 1. The average molecular weight is 287 g/mol. The Kier molecular flexibility index (Phi) is 5.34. The molecule has 0 aromatic heterocycles. The highest BCUT2D eigenvalue weighted by Gasteiger charge is 2.07. The molecular formula is C18H22FNO. The molecule has 0 radical (unpaired) electrons. The van der Waals surface area contributed by atoms with Crippen LogP contribution in [0.25, 0.3) is 0 Å². The van der Waals surface area contributed by atoms with Crippen molar-refractivity contribution in [3.63, 3.8) is 0 Å². The van der Waals surface area contributed by atoms with Gasteiger partial charge in [-0.05, 0) is 61.7 Å². The van der Waals surface area contributed by atoms with Crippen LogP contribution < -0.4 is 10.1 Å². The van der Waals surface area contributed by atoms with Gasteiger partial charge in [0.05, 0.1) is 0 Å². The van der Waals surface area contributed by atoms with Crippen molar-refractivity contribution in [2.45, 2.75) is 33.7 Å². The van der Waals surface area contributed by atoms with Crippen molar-refractivity contribution in [1.82, 2.24) is 5.32 Å². The first kappa shape index (κ1) is 15.5. The molecule has 0 unspecified atom stereocenters. The summed E-state index contributed by atoms with van der Waals surface area (Å²) in [5.74, 6) is 0.627. The van der Waals surface area contributed by atoms with Crippen LogP contribution in [0.2, 0.25) is 0 Å². The van der Waals surface area contributed by atoms with Gasteiger partial charge in [-0.15, -0.1) is 0 Å². The molecule has 21 heavy (non-hydrogen) atoms. The van der Waals surface area contributed by atoms with Crippen LogP contribution in [0.5, 0.6) is 11.5 Å². The lowest BCUT2D eigenvalue weighted by Crippen LogP contribution is -2.13. The van der Waals surface area contributed by atoms with E-state index >= 15 is 0 Å². The number of hydrogen-bond acceptors (Lipinski definition) is 2.